The number of anilines is 1. The zero-order valence-corrected chi connectivity index (χ0v) is 18.2. The van der Waals surface area contributed by atoms with E-state index in [9.17, 15) is 14.7 Å². The van der Waals surface area contributed by atoms with Gasteiger partial charge in [-0.25, -0.2) is 9.78 Å². The second kappa shape index (κ2) is 9.61. The number of carbonyl (C=O) groups is 2. The van der Waals surface area contributed by atoms with Gasteiger partial charge in [-0.15, -0.1) is 0 Å². The number of hydrogen-bond donors (Lipinski definition) is 2. The van der Waals surface area contributed by atoms with Gasteiger partial charge in [0.2, 0.25) is 0 Å². The summed E-state index contributed by atoms with van der Waals surface area (Å²) in [6.45, 7) is 4.93. The van der Waals surface area contributed by atoms with Crippen molar-refractivity contribution in [2.24, 2.45) is 5.92 Å². The van der Waals surface area contributed by atoms with Crippen molar-refractivity contribution in [3.63, 3.8) is 0 Å². The number of hydrogen-bond acceptors (Lipinski definition) is 7. The predicted octanol–water partition coefficient (Wildman–Crippen LogP) is 3.38. The van der Waals surface area contributed by atoms with Crippen LogP contribution in [0.4, 0.5) is 6.01 Å². The molecule has 0 unspecified atom stereocenters. The first kappa shape index (κ1) is 22.3. The molecular formula is C20H27ClN4O5. The minimum Gasteiger partial charge on any atom is -0.476 e. The number of oxazole rings is 1. The van der Waals surface area contributed by atoms with E-state index in [1.807, 2.05) is 18.7 Å². The lowest BCUT2D eigenvalue weighted by atomic mass is 9.89. The number of ether oxygens (including phenoxy) is 1. The molecule has 0 spiro atoms. The summed E-state index contributed by atoms with van der Waals surface area (Å²) in [5.41, 5.74) is 0.707. The van der Waals surface area contributed by atoms with Crippen LogP contribution in [0.15, 0.2) is 4.42 Å². The number of halogens is 1. The zero-order chi connectivity index (χ0) is 21.8. The Bertz CT molecular complexity index is 909. The number of imidazole rings is 1. The van der Waals surface area contributed by atoms with E-state index < -0.39 is 5.97 Å². The first-order valence-electron chi connectivity index (χ1n) is 10.2. The number of ketones is 1. The third kappa shape index (κ3) is 4.67. The summed E-state index contributed by atoms with van der Waals surface area (Å²) in [6, 6.07) is 0.285. The van der Waals surface area contributed by atoms with Crippen LogP contribution in [0.5, 0.6) is 0 Å². The summed E-state index contributed by atoms with van der Waals surface area (Å²) in [7, 11) is 1.60. The van der Waals surface area contributed by atoms with Gasteiger partial charge in [0.1, 0.15) is 5.76 Å². The van der Waals surface area contributed by atoms with Crippen LogP contribution in [0, 0.1) is 5.92 Å². The molecule has 30 heavy (non-hydrogen) atoms. The number of aryl methyl sites for hydroxylation is 2. The Morgan fingerprint density at radius 3 is 2.73 bits per heavy atom. The number of carboxylic acid groups (broad SMARTS) is 1. The normalized spacial score (nSPS) is 19.3. The SMILES string of the molecule is CCCc1oc(N2CC[C@@H](CC(=O)c3nc(Cl)c(CC)[nH]3)[C@@H](OC)C2)nc1C(=O)O. The quantitative estimate of drug-likeness (QED) is 0.571. The number of aromatic amines is 1. The van der Waals surface area contributed by atoms with Crippen molar-refractivity contribution in [1.82, 2.24) is 15.0 Å². The summed E-state index contributed by atoms with van der Waals surface area (Å²) in [6.07, 6.45) is 2.68. The summed E-state index contributed by atoms with van der Waals surface area (Å²) >= 11 is 6.05. The number of Topliss-reactive ketones (excluding diaryl/α,β-unsaturated/α-hetero) is 1. The molecule has 0 amide bonds. The van der Waals surface area contributed by atoms with Crippen LogP contribution in [-0.2, 0) is 17.6 Å². The molecule has 0 bridgehead atoms. The molecule has 0 saturated carbocycles. The van der Waals surface area contributed by atoms with Crippen molar-refractivity contribution in [3.05, 3.63) is 28.1 Å². The lowest BCUT2D eigenvalue weighted by Gasteiger charge is -2.36. The molecule has 0 aliphatic carbocycles. The Balaban J connectivity index is 1.69. The van der Waals surface area contributed by atoms with E-state index in [0.717, 1.165) is 12.1 Å². The van der Waals surface area contributed by atoms with Crippen molar-refractivity contribution < 1.29 is 23.8 Å². The second-order valence-electron chi connectivity index (χ2n) is 7.43. The molecule has 9 nitrogen and oxygen atoms in total. The first-order valence-corrected chi connectivity index (χ1v) is 10.5. The third-order valence-corrected chi connectivity index (χ3v) is 5.74. The molecule has 3 heterocycles. The Morgan fingerprint density at radius 1 is 1.37 bits per heavy atom. The number of aromatic carboxylic acids is 1. The van der Waals surface area contributed by atoms with E-state index in [4.69, 9.17) is 20.8 Å². The fourth-order valence-electron chi connectivity index (χ4n) is 3.77. The van der Waals surface area contributed by atoms with Crippen LogP contribution < -0.4 is 4.90 Å². The molecule has 1 fully saturated rings. The van der Waals surface area contributed by atoms with E-state index in [2.05, 4.69) is 15.0 Å². The van der Waals surface area contributed by atoms with Crippen LogP contribution in [0.25, 0.3) is 0 Å². The number of H-pyrrole nitrogens is 1. The highest BCUT2D eigenvalue weighted by Gasteiger charge is 2.34. The summed E-state index contributed by atoms with van der Waals surface area (Å²) in [4.78, 5) is 37.3. The highest BCUT2D eigenvalue weighted by atomic mass is 35.5. The maximum absolute atomic E-state index is 12.7. The summed E-state index contributed by atoms with van der Waals surface area (Å²) < 4.78 is 11.4. The van der Waals surface area contributed by atoms with Crippen molar-refractivity contribution in [2.45, 2.75) is 52.1 Å². The first-order chi connectivity index (χ1) is 14.4. The highest BCUT2D eigenvalue weighted by Crippen LogP contribution is 2.29. The van der Waals surface area contributed by atoms with Crippen molar-refractivity contribution in [3.8, 4) is 0 Å². The number of piperidine rings is 1. The van der Waals surface area contributed by atoms with E-state index in [1.54, 1.807) is 7.11 Å². The molecule has 2 aromatic rings. The van der Waals surface area contributed by atoms with E-state index >= 15 is 0 Å². The van der Waals surface area contributed by atoms with Gasteiger partial charge in [-0.1, -0.05) is 25.4 Å². The van der Waals surface area contributed by atoms with Crippen LogP contribution in [0.1, 0.15) is 65.7 Å². The highest BCUT2D eigenvalue weighted by molar-refractivity contribution is 6.30. The fourth-order valence-corrected chi connectivity index (χ4v) is 4.03. The summed E-state index contributed by atoms with van der Waals surface area (Å²) in [5, 5.41) is 9.70. The maximum atomic E-state index is 12.7. The Labute approximate surface area is 179 Å². The Morgan fingerprint density at radius 2 is 2.13 bits per heavy atom. The number of nitrogens with zero attached hydrogens (tertiary/aromatic N) is 3. The molecule has 0 radical (unpaired) electrons. The standard InChI is InChI=1S/C20H27ClN4O5/c1-4-6-14-16(19(27)28)23-20(30-14)25-8-7-11(15(10-25)29-3)9-13(26)18-22-12(5-2)17(21)24-18/h11,15H,4-10H2,1-3H3,(H,22,24)(H,27,28)/t11-,15-/m0/s1. The number of nitrogens with one attached hydrogen (secondary N) is 1. The van der Waals surface area contributed by atoms with E-state index in [0.29, 0.717) is 43.3 Å². The summed E-state index contributed by atoms with van der Waals surface area (Å²) in [5.74, 6) is -0.547. The lowest BCUT2D eigenvalue weighted by molar-refractivity contribution is 0.0363. The van der Waals surface area contributed by atoms with Crippen LogP contribution in [-0.4, -0.2) is 58.1 Å². The van der Waals surface area contributed by atoms with Gasteiger partial charge in [0, 0.05) is 33.0 Å². The molecule has 0 aromatic carbocycles. The van der Waals surface area contributed by atoms with Crippen LogP contribution in [0.2, 0.25) is 5.15 Å². The lowest BCUT2D eigenvalue weighted by Crippen LogP contribution is -2.45. The van der Waals surface area contributed by atoms with E-state index in [-0.39, 0.29) is 41.8 Å². The van der Waals surface area contributed by atoms with Gasteiger partial charge in [-0.2, -0.15) is 4.98 Å². The number of methoxy groups -OCH3 is 1. The Kier molecular flexibility index (Phi) is 7.14. The van der Waals surface area contributed by atoms with Crippen molar-refractivity contribution >= 4 is 29.4 Å². The van der Waals surface area contributed by atoms with Gasteiger partial charge < -0.3 is 24.1 Å². The average molecular weight is 439 g/mol. The molecule has 1 aliphatic rings. The van der Waals surface area contributed by atoms with Gasteiger partial charge >= 0.3 is 5.97 Å². The number of carboxylic acids is 1. The monoisotopic (exact) mass is 438 g/mol. The molecule has 10 heteroatoms. The topological polar surface area (TPSA) is 122 Å². The molecule has 2 atom stereocenters. The molecule has 164 valence electrons. The predicted molar refractivity (Wildman–Crippen MR) is 110 cm³/mol. The molecule has 1 aliphatic heterocycles. The smallest absolute Gasteiger partial charge is 0.358 e. The molecular weight excluding hydrogens is 412 g/mol. The minimum absolute atomic E-state index is 0.00304. The third-order valence-electron chi connectivity index (χ3n) is 5.43. The molecule has 3 rings (SSSR count). The minimum atomic E-state index is -1.10. The molecule has 1 saturated heterocycles. The maximum Gasteiger partial charge on any atom is 0.358 e. The zero-order valence-electron chi connectivity index (χ0n) is 17.4. The average Bonchev–Trinajstić information content (AvgIpc) is 3.32. The van der Waals surface area contributed by atoms with Gasteiger partial charge in [0.15, 0.2) is 22.5 Å². The van der Waals surface area contributed by atoms with Crippen LogP contribution >= 0.6 is 11.6 Å². The van der Waals surface area contributed by atoms with Gasteiger partial charge in [0.25, 0.3) is 6.01 Å². The molecule has 2 aromatic heterocycles. The number of rotatable bonds is 9. The molecule has 2 N–H and O–H groups in total. The van der Waals surface area contributed by atoms with Gasteiger partial charge in [-0.05, 0) is 25.2 Å². The van der Waals surface area contributed by atoms with Gasteiger partial charge in [0.05, 0.1) is 11.8 Å². The second-order valence-corrected chi connectivity index (χ2v) is 7.79. The number of aromatic nitrogens is 3. The van der Waals surface area contributed by atoms with Crippen molar-refractivity contribution in [2.75, 3.05) is 25.1 Å². The fraction of sp³-hybridized carbons (Fsp3) is 0.600. The largest absolute Gasteiger partial charge is 0.476 e. The number of carbonyl (C=O) groups excluding carboxylic acids is 1. The van der Waals surface area contributed by atoms with Crippen molar-refractivity contribution in [1.29, 1.82) is 0 Å². The Hall–Kier alpha value is -2.39. The van der Waals surface area contributed by atoms with E-state index in [1.165, 1.54) is 0 Å². The van der Waals surface area contributed by atoms with Crippen LogP contribution in [0.3, 0.4) is 0 Å². The van der Waals surface area contributed by atoms with Gasteiger partial charge in [-0.3, -0.25) is 4.79 Å².